The highest BCUT2D eigenvalue weighted by Gasteiger charge is 2.29. The first-order valence-electron chi connectivity index (χ1n) is 7.17. The number of halogens is 1. The van der Waals surface area contributed by atoms with Gasteiger partial charge >= 0.3 is 6.09 Å². The monoisotopic (exact) mass is 327 g/mol. The van der Waals surface area contributed by atoms with Gasteiger partial charge in [-0.25, -0.2) is 4.79 Å². The maximum Gasteiger partial charge on any atom is 0.410 e. The van der Waals surface area contributed by atoms with Crippen LogP contribution >= 0.6 is 23.4 Å². The number of benzene rings is 1. The number of nitrogens with zero attached hydrogens (tertiary/aromatic N) is 1. The SMILES string of the molecule is CC(C)(C)OC(=O)N1CCC(SCc2ccc(Cl)cc2)C1. The number of thioether (sulfide) groups is 1. The first-order chi connectivity index (χ1) is 9.83. The number of hydrogen-bond donors (Lipinski definition) is 0. The van der Waals surface area contributed by atoms with E-state index in [0.29, 0.717) is 5.25 Å². The third-order valence-electron chi connectivity index (χ3n) is 3.20. The minimum absolute atomic E-state index is 0.197. The van der Waals surface area contributed by atoms with Crippen LogP contribution in [0.3, 0.4) is 0 Å². The van der Waals surface area contributed by atoms with Gasteiger partial charge in [0.15, 0.2) is 0 Å². The topological polar surface area (TPSA) is 29.5 Å². The lowest BCUT2D eigenvalue weighted by Crippen LogP contribution is -2.35. The van der Waals surface area contributed by atoms with E-state index in [1.165, 1.54) is 5.56 Å². The molecule has 1 aromatic rings. The molecule has 1 saturated heterocycles. The van der Waals surface area contributed by atoms with E-state index in [-0.39, 0.29) is 6.09 Å². The van der Waals surface area contributed by atoms with Gasteiger partial charge in [-0.2, -0.15) is 11.8 Å². The van der Waals surface area contributed by atoms with Crippen LogP contribution in [0.4, 0.5) is 4.79 Å². The number of rotatable bonds is 3. The van der Waals surface area contributed by atoms with Gasteiger partial charge in [-0.3, -0.25) is 0 Å². The Kier molecular flexibility index (Phi) is 5.44. The Morgan fingerprint density at radius 2 is 2.05 bits per heavy atom. The predicted molar refractivity (Wildman–Crippen MR) is 89.0 cm³/mol. The number of carbonyl (C=O) groups is 1. The van der Waals surface area contributed by atoms with Gasteiger partial charge in [0, 0.05) is 29.1 Å². The molecule has 1 heterocycles. The minimum Gasteiger partial charge on any atom is -0.444 e. The summed E-state index contributed by atoms with van der Waals surface area (Å²) < 4.78 is 5.41. The second-order valence-electron chi connectivity index (χ2n) is 6.27. The van der Waals surface area contributed by atoms with Crippen LogP contribution in [0.15, 0.2) is 24.3 Å². The van der Waals surface area contributed by atoms with Crippen LogP contribution in [0.5, 0.6) is 0 Å². The van der Waals surface area contributed by atoms with Crippen LogP contribution in [-0.2, 0) is 10.5 Å². The highest BCUT2D eigenvalue weighted by Crippen LogP contribution is 2.27. The summed E-state index contributed by atoms with van der Waals surface area (Å²) in [6, 6.07) is 7.93. The molecular weight excluding hydrogens is 306 g/mol. The van der Waals surface area contributed by atoms with Crippen molar-refractivity contribution in [1.82, 2.24) is 4.90 Å². The van der Waals surface area contributed by atoms with Crippen molar-refractivity contribution in [2.24, 2.45) is 0 Å². The highest BCUT2D eigenvalue weighted by molar-refractivity contribution is 7.99. The molecule has 0 spiro atoms. The molecule has 1 amide bonds. The summed E-state index contributed by atoms with van der Waals surface area (Å²) in [4.78, 5) is 13.8. The predicted octanol–water partition coefficient (Wildman–Crippen LogP) is 4.58. The molecule has 1 unspecified atom stereocenters. The van der Waals surface area contributed by atoms with E-state index in [9.17, 15) is 4.79 Å². The number of likely N-dealkylation sites (tertiary alicyclic amines) is 1. The Bertz CT molecular complexity index is 484. The Balaban J connectivity index is 1.77. The van der Waals surface area contributed by atoms with Crippen LogP contribution in [0, 0.1) is 0 Å². The Labute approximate surface area is 136 Å². The fraction of sp³-hybridized carbons (Fsp3) is 0.562. The molecule has 1 aliphatic heterocycles. The van der Waals surface area contributed by atoms with Crippen molar-refractivity contribution in [2.45, 2.75) is 43.8 Å². The number of hydrogen-bond acceptors (Lipinski definition) is 3. The zero-order valence-electron chi connectivity index (χ0n) is 12.8. The summed E-state index contributed by atoms with van der Waals surface area (Å²) in [5.74, 6) is 0.948. The Morgan fingerprint density at radius 3 is 2.67 bits per heavy atom. The van der Waals surface area contributed by atoms with Crippen molar-refractivity contribution >= 4 is 29.5 Å². The third-order valence-corrected chi connectivity index (χ3v) is 4.80. The van der Waals surface area contributed by atoms with Crippen LogP contribution in [0.1, 0.15) is 32.8 Å². The summed E-state index contributed by atoms with van der Waals surface area (Å²) in [5, 5.41) is 1.24. The molecule has 1 atom stereocenters. The van der Waals surface area contributed by atoms with Crippen LogP contribution in [0.2, 0.25) is 5.02 Å². The average molecular weight is 328 g/mol. The zero-order valence-corrected chi connectivity index (χ0v) is 14.3. The second-order valence-corrected chi connectivity index (χ2v) is 8.00. The van der Waals surface area contributed by atoms with Crippen molar-refractivity contribution in [3.8, 4) is 0 Å². The number of ether oxygens (including phenoxy) is 1. The summed E-state index contributed by atoms with van der Waals surface area (Å²) in [7, 11) is 0. The fourth-order valence-corrected chi connectivity index (χ4v) is 3.46. The maximum atomic E-state index is 12.0. The molecule has 21 heavy (non-hydrogen) atoms. The van der Waals surface area contributed by atoms with E-state index in [0.717, 1.165) is 30.3 Å². The van der Waals surface area contributed by atoms with Gasteiger partial charge in [-0.05, 0) is 44.9 Å². The third kappa shape index (κ3) is 5.44. The first kappa shape index (κ1) is 16.5. The maximum absolute atomic E-state index is 12.0. The average Bonchev–Trinajstić information content (AvgIpc) is 2.85. The first-order valence-corrected chi connectivity index (χ1v) is 8.60. The lowest BCUT2D eigenvalue weighted by molar-refractivity contribution is 0.0295. The molecule has 3 nitrogen and oxygen atoms in total. The molecule has 0 radical (unpaired) electrons. The molecule has 0 bridgehead atoms. The van der Waals surface area contributed by atoms with E-state index in [2.05, 4.69) is 12.1 Å². The summed E-state index contributed by atoms with van der Waals surface area (Å²) in [6.07, 6.45) is 0.828. The van der Waals surface area contributed by atoms with E-state index in [1.807, 2.05) is 49.6 Å². The molecular formula is C16H22ClNO2S. The van der Waals surface area contributed by atoms with Crippen LogP contribution < -0.4 is 0 Å². The van der Waals surface area contributed by atoms with Gasteiger partial charge in [0.1, 0.15) is 5.60 Å². The summed E-state index contributed by atoms with van der Waals surface area (Å²) in [6.45, 7) is 7.25. The molecule has 1 aromatic carbocycles. The lowest BCUT2D eigenvalue weighted by Gasteiger charge is -2.24. The summed E-state index contributed by atoms with van der Waals surface area (Å²) >= 11 is 7.77. The van der Waals surface area contributed by atoms with Crippen LogP contribution in [-0.4, -0.2) is 34.9 Å². The highest BCUT2D eigenvalue weighted by atomic mass is 35.5. The van der Waals surface area contributed by atoms with Crippen molar-refractivity contribution in [1.29, 1.82) is 0 Å². The van der Waals surface area contributed by atoms with Gasteiger partial charge in [0.2, 0.25) is 0 Å². The molecule has 0 N–H and O–H groups in total. The van der Waals surface area contributed by atoms with Gasteiger partial charge in [-0.15, -0.1) is 0 Å². The second kappa shape index (κ2) is 6.93. The van der Waals surface area contributed by atoms with Crippen LogP contribution in [0.25, 0.3) is 0 Å². The lowest BCUT2D eigenvalue weighted by atomic mass is 10.2. The zero-order chi connectivity index (χ0) is 15.5. The van der Waals surface area contributed by atoms with Gasteiger partial charge < -0.3 is 9.64 Å². The summed E-state index contributed by atoms with van der Waals surface area (Å²) in [5.41, 5.74) is 0.839. The molecule has 2 rings (SSSR count). The molecule has 0 aromatic heterocycles. The fourth-order valence-electron chi connectivity index (χ4n) is 2.15. The molecule has 0 aliphatic carbocycles. The molecule has 5 heteroatoms. The smallest absolute Gasteiger partial charge is 0.410 e. The Hall–Kier alpha value is -0.870. The standard InChI is InChI=1S/C16H22ClNO2S/c1-16(2,3)20-15(19)18-9-8-14(10-18)21-11-12-4-6-13(17)7-5-12/h4-7,14H,8-11H2,1-3H3. The van der Waals surface area contributed by atoms with E-state index >= 15 is 0 Å². The largest absolute Gasteiger partial charge is 0.444 e. The van der Waals surface area contributed by atoms with Crippen molar-refractivity contribution in [3.63, 3.8) is 0 Å². The molecule has 116 valence electrons. The molecule has 0 saturated carbocycles. The van der Waals surface area contributed by atoms with Crippen molar-refractivity contribution in [3.05, 3.63) is 34.9 Å². The van der Waals surface area contributed by atoms with Crippen molar-refractivity contribution < 1.29 is 9.53 Å². The van der Waals surface area contributed by atoms with Gasteiger partial charge in [-0.1, -0.05) is 23.7 Å². The minimum atomic E-state index is -0.425. The van der Waals surface area contributed by atoms with Gasteiger partial charge in [0.05, 0.1) is 0 Å². The number of amides is 1. The normalized spacial score (nSPS) is 18.9. The molecule has 1 fully saturated rings. The van der Waals surface area contributed by atoms with E-state index in [4.69, 9.17) is 16.3 Å². The van der Waals surface area contributed by atoms with Crippen molar-refractivity contribution in [2.75, 3.05) is 13.1 Å². The van der Waals surface area contributed by atoms with Gasteiger partial charge in [0.25, 0.3) is 0 Å². The van der Waals surface area contributed by atoms with E-state index in [1.54, 1.807) is 0 Å². The van der Waals surface area contributed by atoms with E-state index < -0.39 is 5.60 Å². The number of carbonyl (C=O) groups excluding carboxylic acids is 1. The quantitative estimate of drug-likeness (QED) is 0.813. The molecule has 1 aliphatic rings. The Morgan fingerprint density at radius 1 is 1.38 bits per heavy atom.